The first-order chi connectivity index (χ1) is 13.6. The number of rotatable bonds is 4. The van der Waals surface area contributed by atoms with Crippen LogP contribution in [0.2, 0.25) is 0 Å². The molecule has 1 atom stereocenters. The monoisotopic (exact) mass is 375 g/mol. The Morgan fingerprint density at radius 2 is 1.68 bits per heavy atom. The van der Waals surface area contributed by atoms with Gasteiger partial charge in [0.2, 0.25) is 0 Å². The van der Waals surface area contributed by atoms with E-state index in [1.807, 2.05) is 0 Å². The summed E-state index contributed by atoms with van der Waals surface area (Å²) in [7, 11) is 0. The molecule has 0 spiro atoms. The zero-order valence-corrected chi connectivity index (χ0v) is 15.1. The zero-order valence-electron chi connectivity index (χ0n) is 15.1. The lowest BCUT2D eigenvalue weighted by molar-refractivity contribution is -0.140. The molecular formula is C21H17N3O4. The molecule has 1 unspecified atom stereocenters. The molecule has 0 aromatic carbocycles. The number of furan rings is 1. The lowest BCUT2D eigenvalue weighted by Gasteiger charge is -2.23. The smallest absolute Gasteiger partial charge is 0.296 e. The molecule has 1 fully saturated rings. The van der Waals surface area contributed by atoms with Gasteiger partial charge < -0.3 is 14.4 Å². The largest absolute Gasteiger partial charge is 0.507 e. The fourth-order valence-electron chi connectivity index (χ4n) is 3.29. The van der Waals surface area contributed by atoms with Crippen molar-refractivity contribution in [2.24, 2.45) is 0 Å². The molecule has 7 heteroatoms. The second-order valence-electron chi connectivity index (χ2n) is 6.47. The maximum absolute atomic E-state index is 12.8. The molecule has 1 aliphatic heterocycles. The van der Waals surface area contributed by atoms with E-state index in [0.29, 0.717) is 17.1 Å². The molecule has 3 aromatic rings. The molecule has 4 rings (SSSR count). The third-order valence-corrected chi connectivity index (χ3v) is 4.63. The van der Waals surface area contributed by atoms with E-state index in [9.17, 15) is 14.7 Å². The van der Waals surface area contributed by atoms with Crippen molar-refractivity contribution in [3.05, 3.63) is 89.4 Å². The van der Waals surface area contributed by atoms with Crippen LogP contribution in [-0.2, 0) is 16.1 Å². The summed E-state index contributed by atoms with van der Waals surface area (Å²) in [6.45, 7) is 1.96. The molecule has 0 bridgehead atoms. The molecule has 0 saturated carbocycles. The third-order valence-electron chi connectivity index (χ3n) is 4.63. The maximum atomic E-state index is 12.8. The van der Waals surface area contributed by atoms with Gasteiger partial charge in [0.05, 0.1) is 5.57 Å². The molecule has 1 amide bonds. The summed E-state index contributed by atoms with van der Waals surface area (Å²) in [5, 5.41) is 10.8. The van der Waals surface area contributed by atoms with Gasteiger partial charge in [-0.2, -0.15) is 0 Å². The molecule has 1 aliphatic rings. The van der Waals surface area contributed by atoms with Crippen LogP contribution in [0.4, 0.5) is 0 Å². The highest BCUT2D eigenvalue weighted by molar-refractivity contribution is 6.46. The Hall–Kier alpha value is -3.74. The summed E-state index contributed by atoms with van der Waals surface area (Å²) in [5.41, 5.74) is 1.22. The first kappa shape index (κ1) is 17.7. The average Bonchev–Trinajstić information content (AvgIpc) is 3.25. The van der Waals surface area contributed by atoms with Crippen molar-refractivity contribution in [1.82, 2.24) is 14.9 Å². The van der Waals surface area contributed by atoms with Crippen molar-refractivity contribution in [1.29, 1.82) is 0 Å². The van der Waals surface area contributed by atoms with Gasteiger partial charge in [-0.05, 0) is 48.9 Å². The van der Waals surface area contributed by atoms with Crippen molar-refractivity contribution in [3.8, 4) is 0 Å². The van der Waals surface area contributed by atoms with Crippen LogP contribution in [0.25, 0.3) is 5.76 Å². The molecule has 4 heterocycles. The number of aliphatic hydroxyl groups is 1. The number of amides is 1. The number of Topliss-reactive ketones (excluding diaryl/α,β-unsaturated/α-hetero) is 1. The van der Waals surface area contributed by atoms with Crippen molar-refractivity contribution >= 4 is 17.4 Å². The number of hydrogen-bond donors (Lipinski definition) is 1. The van der Waals surface area contributed by atoms with E-state index in [1.54, 1.807) is 55.7 Å². The quantitative estimate of drug-likeness (QED) is 0.428. The predicted octanol–water partition coefficient (Wildman–Crippen LogP) is 3.00. The van der Waals surface area contributed by atoms with E-state index >= 15 is 0 Å². The fourth-order valence-corrected chi connectivity index (χ4v) is 3.29. The fraction of sp³-hybridized carbons (Fsp3) is 0.143. The Morgan fingerprint density at radius 1 is 1.04 bits per heavy atom. The van der Waals surface area contributed by atoms with Crippen LogP contribution in [0.15, 0.2) is 71.2 Å². The second kappa shape index (κ2) is 7.11. The number of aliphatic hydroxyl groups excluding tert-OH is 1. The van der Waals surface area contributed by atoms with Crippen LogP contribution in [0.5, 0.6) is 0 Å². The van der Waals surface area contributed by atoms with E-state index in [0.717, 1.165) is 5.56 Å². The van der Waals surface area contributed by atoms with Gasteiger partial charge in [0, 0.05) is 36.9 Å². The van der Waals surface area contributed by atoms with E-state index in [2.05, 4.69) is 9.97 Å². The highest BCUT2D eigenvalue weighted by Crippen LogP contribution is 2.40. The van der Waals surface area contributed by atoms with Gasteiger partial charge in [0.1, 0.15) is 23.3 Å². The van der Waals surface area contributed by atoms with Crippen molar-refractivity contribution in [2.45, 2.75) is 19.5 Å². The Kier molecular flexibility index (Phi) is 4.49. The second-order valence-corrected chi connectivity index (χ2v) is 6.47. The number of hydrogen-bond acceptors (Lipinski definition) is 6. The van der Waals surface area contributed by atoms with Gasteiger partial charge in [-0.15, -0.1) is 0 Å². The lowest BCUT2D eigenvalue weighted by Crippen LogP contribution is -2.29. The minimum absolute atomic E-state index is 0.000365. The molecule has 28 heavy (non-hydrogen) atoms. The predicted molar refractivity (Wildman–Crippen MR) is 99.8 cm³/mol. The minimum Gasteiger partial charge on any atom is -0.507 e. The van der Waals surface area contributed by atoms with Crippen molar-refractivity contribution in [2.75, 3.05) is 0 Å². The highest BCUT2D eigenvalue weighted by atomic mass is 16.3. The molecule has 0 radical (unpaired) electrons. The van der Waals surface area contributed by atoms with Gasteiger partial charge >= 0.3 is 0 Å². The maximum Gasteiger partial charge on any atom is 0.296 e. The summed E-state index contributed by atoms with van der Waals surface area (Å²) in [6.07, 6.45) is 6.26. The van der Waals surface area contributed by atoms with Crippen LogP contribution >= 0.6 is 0 Å². The molecule has 1 N–H and O–H groups in total. The molecular weight excluding hydrogens is 358 g/mol. The molecule has 7 nitrogen and oxygen atoms in total. The van der Waals surface area contributed by atoms with E-state index in [4.69, 9.17) is 4.42 Å². The number of carbonyl (C=O) groups is 2. The van der Waals surface area contributed by atoms with E-state index < -0.39 is 17.7 Å². The first-order valence-electron chi connectivity index (χ1n) is 8.70. The highest BCUT2D eigenvalue weighted by Gasteiger charge is 2.47. The van der Waals surface area contributed by atoms with Gasteiger partial charge in [-0.3, -0.25) is 19.6 Å². The number of nitrogens with zero attached hydrogens (tertiary/aromatic N) is 3. The Morgan fingerprint density at radius 3 is 2.29 bits per heavy atom. The first-order valence-corrected chi connectivity index (χ1v) is 8.70. The van der Waals surface area contributed by atoms with Gasteiger partial charge in [-0.25, -0.2) is 0 Å². The topological polar surface area (TPSA) is 96.5 Å². The van der Waals surface area contributed by atoms with E-state index in [-0.39, 0.29) is 17.9 Å². The van der Waals surface area contributed by atoms with E-state index in [1.165, 1.54) is 17.3 Å². The molecule has 0 aliphatic carbocycles. The van der Waals surface area contributed by atoms with Gasteiger partial charge in [-0.1, -0.05) is 0 Å². The summed E-state index contributed by atoms with van der Waals surface area (Å²) < 4.78 is 5.73. The van der Waals surface area contributed by atoms with Crippen LogP contribution < -0.4 is 0 Å². The third kappa shape index (κ3) is 3.07. The molecule has 1 saturated heterocycles. The zero-order chi connectivity index (χ0) is 19.7. The normalized spacial score (nSPS) is 18.6. The van der Waals surface area contributed by atoms with Crippen LogP contribution in [0, 0.1) is 6.92 Å². The van der Waals surface area contributed by atoms with Crippen molar-refractivity contribution in [3.63, 3.8) is 0 Å². The van der Waals surface area contributed by atoms with Crippen LogP contribution in [0.3, 0.4) is 0 Å². The lowest BCUT2D eigenvalue weighted by atomic mass is 9.99. The minimum atomic E-state index is -0.824. The number of aryl methyl sites for hydroxylation is 1. The molecule has 3 aromatic heterocycles. The summed E-state index contributed by atoms with van der Waals surface area (Å²) in [6, 6.07) is 9.35. The van der Waals surface area contributed by atoms with Crippen LogP contribution in [0.1, 0.15) is 28.7 Å². The van der Waals surface area contributed by atoms with Gasteiger partial charge in [0.15, 0.2) is 0 Å². The summed E-state index contributed by atoms with van der Waals surface area (Å²) in [4.78, 5) is 34.9. The number of aromatic nitrogens is 2. The SMILES string of the molecule is Cc1ccc(C2/C(=C(/O)c3ccncc3)C(=O)C(=O)N2Cc2ccncc2)o1. The number of likely N-dealkylation sites (tertiary alicyclic amines) is 1. The Balaban J connectivity index is 1.85. The Bertz CT molecular complexity index is 1060. The van der Waals surface area contributed by atoms with Gasteiger partial charge in [0.25, 0.3) is 11.7 Å². The Labute approximate surface area is 161 Å². The summed E-state index contributed by atoms with van der Waals surface area (Å²) >= 11 is 0. The van der Waals surface area contributed by atoms with Crippen molar-refractivity contribution < 1.29 is 19.1 Å². The number of ketones is 1. The standard InChI is InChI=1S/C21H17N3O4/c1-13-2-3-16(28-13)18-17(19(25)15-6-10-23-11-7-15)20(26)21(27)24(18)12-14-4-8-22-9-5-14/h2-11,18,25H,12H2,1H3/b19-17-. The average molecular weight is 375 g/mol. The van der Waals surface area contributed by atoms with Crippen LogP contribution in [-0.4, -0.2) is 31.7 Å². The summed E-state index contributed by atoms with van der Waals surface area (Å²) in [5.74, 6) is -0.624. The number of pyridine rings is 2. The number of carbonyl (C=O) groups excluding carboxylic acids is 2. The molecule has 140 valence electrons.